The van der Waals surface area contributed by atoms with Gasteiger partial charge in [0.2, 0.25) is 0 Å². The van der Waals surface area contributed by atoms with E-state index in [0.717, 1.165) is 5.56 Å². The lowest BCUT2D eigenvalue weighted by molar-refractivity contribution is 0.102. The molecule has 2 heterocycles. The molecule has 0 bridgehead atoms. The molecule has 0 aliphatic carbocycles. The summed E-state index contributed by atoms with van der Waals surface area (Å²) >= 11 is 1.29. The van der Waals surface area contributed by atoms with Gasteiger partial charge < -0.3 is 14.5 Å². The number of pyridine rings is 1. The first-order chi connectivity index (χ1) is 15.0. The van der Waals surface area contributed by atoms with E-state index in [1.807, 2.05) is 41.9 Å². The average Bonchev–Trinajstić information content (AvgIpc) is 3.16. The standard InChI is InChI=1S/C23H19FN4O2S/c1-27-13-11-25-23(27)31-20-10-9-17(24)14-19(20)26-21(29)18-8-5-12-28(22(18)30)15-16-6-3-2-4-7-16/h2-14H,15H2,1H3,(H,26,29). The van der Waals surface area contributed by atoms with Crippen LogP contribution >= 0.6 is 11.8 Å². The molecule has 2 aromatic carbocycles. The van der Waals surface area contributed by atoms with Gasteiger partial charge in [-0.15, -0.1) is 0 Å². The number of aryl methyl sites for hydroxylation is 1. The van der Waals surface area contributed by atoms with E-state index in [0.29, 0.717) is 16.6 Å². The zero-order valence-electron chi connectivity index (χ0n) is 16.7. The van der Waals surface area contributed by atoms with Gasteiger partial charge in [-0.2, -0.15) is 0 Å². The van der Waals surface area contributed by atoms with Gasteiger partial charge in [0, 0.05) is 30.5 Å². The summed E-state index contributed by atoms with van der Waals surface area (Å²) in [6.07, 6.45) is 5.09. The first-order valence-electron chi connectivity index (χ1n) is 9.51. The SMILES string of the molecule is Cn1ccnc1Sc1ccc(F)cc1NC(=O)c1cccn(Cc2ccccc2)c1=O. The summed E-state index contributed by atoms with van der Waals surface area (Å²) in [6, 6.07) is 16.7. The molecule has 1 amide bonds. The van der Waals surface area contributed by atoms with Crippen LogP contribution in [0.4, 0.5) is 10.1 Å². The molecule has 0 aliphatic rings. The molecule has 0 radical (unpaired) electrons. The van der Waals surface area contributed by atoms with Crippen molar-refractivity contribution in [2.24, 2.45) is 7.05 Å². The van der Waals surface area contributed by atoms with Crippen molar-refractivity contribution in [2.45, 2.75) is 16.6 Å². The zero-order chi connectivity index (χ0) is 21.8. The summed E-state index contributed by atoms with van der Waals surface area (Å²) in [4.78, 5) is 30.6. The highest BCUT2D eigenvalue weighted by atomic mass is 32.2. The van der Waals surface area contributed by atoms with Crippen LogP contribution in [-0.2, 0) is 13.6 Å². The van der Waals surface area contributed by atoms with Crippen LogP contribution in [0, 0.1) is 5.82 Å². The van der Waals surface area contributed by atoms with E-state index in [4.69, 9.17) is 0 Å². The number of carbonyl (C=O) groups excluding carboxylic acids is 1. The number of halogens is 1. The van der Waals surface area contributed by atoms with Gasteiger partial charge in [0.25, 0.3) is 11.5 Å². The molecule has 4 aromatic rings. The summed E-state index contributed by atoms with van der Waals surface area (Å²) in [5, 5.41) is 3.37. The smallest absolute Gasteiger partial charge is 0.263 e. The third-order valence-corrected chi connectivity index (χ3v) is 5.78. The number of nitrogens with zero attached hydrogens (tertiary/aromatic N) is 3. The van der Waals surface area contributed by atoms with Crippen molar-refractivity contribution in [1.29, 1.82) is 0 Å². The van der Waals surface area contributed by atoms with Crippen LogP contribution in [0.3, 0.4) is 0 Å². The topological polar surface area (TPSA) is 68.9 Å². The minimum absolute atomic E-state index is 0.0179. The van der Waals surface area contributed by atoms with Crippen LogP contribution in [0.1, 0.15) is 15.9 Å². The second kappa shape index (κ2) is 9.01. The number of nitrogens with one attached hydrogen (secondary N) is 1. The predicted molar refractivity (Wildman–Crippen MR) is 118 cm³/mol. The molecule has 4 rings (SSSR count). The third-order valence-electron chi connectivity index (χ3n) is 4.63. The second-order valence-corrected chi connectivity index (χ2v) is 7.87. The Labute approximate surface area is 182 Å². The van der Waals surface area contributed by atoms with Crippen molar-refractivity contribution in [2.75, 3.05) is 5.32 Å². The maximum absolute atomic E-state index is 13.9. The maximum atomic E-state index is 13.9. The van der Waals surface area contributed by atoms with Crippen LogP contribution < -0.4 is 10.9 Å². The van der Waals surface area contributed by atoms with Gasteiger partial charge in [0.1, 0.15) is 11.4 Å². The molecule has 0 spiro atoms. The van der Waals surface area contributed by atoms with E-state index < -0.39 is 17.3 Å². The molecule has 0 unspecified atom stereocenters. The summed E-state index contributed by atoms with van der Waals surface area (Å²) in [5.74, 6) is -1.09. The van der Waals surface area contributed by atoms with Gasteiger partial charge in [0.15, 0.2) is 5.16 Å². The van der Waals surface area contributed by atoms with Crippen LogP contribution in [0.2, 0.25) is 0 Å². The van der Waals surface area contributed by atoms with Crippen molar-refractivity contribution in [3.05, 3.63) is 107 Å². The van der Waals surface area contributed by atoms with E-state index >= 15 is 0 Å². The minimum Gasteiger partial charge on any atom is -0.329 e. The summed E-state index contributed by atoms with van der Waals surface area (Å²) in [6.45, 7) is 0.348. The lowest BCUT2D eigenvalue weighted by atomic mass is 10.2. The van der Waals surface area contributed by atoms with Crippen LogP contribution in [0.25, 0.3) is 0 Å². The first-order valence-corrected chi connectivity index (χ1v) is 10.3. The monoisotopic (exact) mass is 434 g/mol. The molecular weight excluding hydrogens is 415 g/mol. The fraction of sp³-hybridized carbons (Fsp3) is 0.0870. The Morgan fingerprint density at radius 1 is 1.10 bits per heavy atom. The van der Waals surface area contributed by atoms with Crippen molar-refractivity contribution in [3.63, 3.8) is 0 Å². The van der Waals surface area contributed by atoms with Crippen molar-refractivity contribution in [3.8, 4) is 0 Å². The van der Waals surface area contributed by atoms with E-state index in [-0.39, 0.29) is 11.3 Å². The van der Waals surface area contributed by atoms with Crippen LogP contribution in [0.5, 0.6) is 0 Å². The van der Waals surface area contributed by atoms with Gasteiger partial charge in [0.05, 0.1) is 12.2 Å². The Morgan fingerprint density at radius 3 is 2.65 bits per heavy atom. The molecule has 156 valence electrons. The Kier molecular flexibility index (Phi) is 5.99. The number of carbonyl (C=O) groups is 1. The average molecular weight is 434 g/mol. The number of hydrogen-bond acceptors (Lipinski definition) is 4. The minimum atomic E-state index is -0.597. The molecule has 8 heteroatoms. The molecule has 0 fully saturated rings. The quantitative estimate of drug-likeness (QED) is 0.495. The fourth-order valence-electron chi connectivity index (χ4n) is 3.04. The number of anilines is 1. The highest BCUT2D eigenvalue weighted by molar-refractivity contribution is 7.99. The van der Waals surface area contributed by atoms with Gasteiger partial charge in [-0.05, 0) is 47.7 Å². The lowest BCUT2D eigenvalue weighted by Crippen LogP contribution is -2.29. The Balaban J connectivity index is 1.60. The molecule has 0 atom stereocenters. The lowest BCUT2D eigenvalue weighted by Gasteiger charge is -2.12. The van der Waals surface area contributed by atoms with Gasteiger partial charge in [-0.3, -0.25) is 9.59 Å². The Morgan fingerprint density at radius 2 is 1.90 bits per heavy atom. The Bertz CT molecular complexity index is 1280. The molecule has 0 saturated heterocycles. The molecule has 0 saturated carbocycles. The first kappa shape index (κ1) is 20.6. The number of amides is 1. The van der Waals surface area contributed by atoms with Gasteiger partial charge in [-0.1, -0.05) is 30.3 Å². The molecule has 31 heavy (non-hydrogen) atoms. The highest BCUT2D eigenvalue weighted by Gasteiger charge is 2.16. The Hall–Kier alpha value is -3.65. The maximum Gasteiger partial charge on any atom is 0.263 e. The van der Waals surface area contributed by atoms with Crippen molar-refractivity contribution < 1.29 is 9.18 Å². The molecule has 2 aromatic heterocycles. The zero-order valence-corrected chi connectivity index (χ0v) is 17.5. The normalized spacial score (nSPS) is 10.8. The third kappa shape index (κ3) is 4.75. The van der Waals surface area contributed by atoms with Crippen LogP contribution in [-0.4, -0.2) is 20.0 Å². The largest absolute Gasteiger partial charge is 0.329 e. The number of hydrogen-bond donors (Lipinski definition) is 1. The van der Waals surface area contributed by atoms with E-state index in [9.17, 15) is 14.0 Å². The molecule has 6 nitrogen and oxygen atoms in total. The molecule has 1 N–H and O–H groups in total. The highest BCUT2D eigenvalue weighted by Crippen LogP contribution is 2.33. The fourth-order valence-corrected chi connectivity index (χ4v) is 3.91. The van der Waals surface area contributed by atoms with E-state index in [1.54, 1.807) is 30.7 Å². The summed E-state index contributed by atoms with van der Waals surface area (Å²) in [5.41, 5.74) is 0.783. The predicted octanol–water partition coefficient (Wildman–Crippen LogP) is 4.17. The second-order valence-electron chi connectivity index (χ2n) is 6.86. The molecular formula is C23H19FN4O2S. The van der Waals surface area contributed by atoms with Crippen molar-refractivity contribution >= 4 is 23.4 Å². The van der Waals surface area contributed by atoms with E-state index in [2.05, 4.69) is 10.3 Å². The molecule has 0 aliphatic heterocycles. The van der Waals surface area contributed by atoms with E-state index in [1.165, 1.54) is 34.5 Å². The summed E-state index contributed by atoms with van der Waals surface area (Å²) < 4.78 is 17.2. The van der Waals surface area contributed by atoms with Gasteiger partial charge >= 0.3 is 0 Å². The van der Waals surface area contributed by atoms with Crippen molar-refractivity contribution in [1.82, 2.24) is 14.1 Å². The number of aromatic nitrogens is 3. The summed E-state index contributed by atoms with van der Waals surface area (Å²) in [7, 11) is 1.84. The number of rotatable bonds is 6. The van der Waals surface area contributed by atoms with Crippen LogP contribution in [0.15, 0.2) is 94.1 Å². The number of benzene rings is 2. The van der Waals surface area contributed by atoms with Gasteiger partial charge in [-0.25, -0.2) is 9.37 Å². The number of imidazole rings is 1.